The summed E-state index contributed by atoms with van der Waals surface area (Å²) in [5.41, 5.74) is 6.96. The van der Waals surface area contributed by atoms with Gasteiger partial charge >= 0.3 is 12.1 Å². The lowest BCUT2D eigenvalue weighted by Gasteiger charge is -2.29. The van der Waals surface area contributed by atoms with Crippen molar-refractivity contribution in [2.75, 3.05) is 20.1 Å². The molecule has 194 valence electrons. The van der Waals surface area contributed by atoms with E-state index < -0.39 is 12.1 Å². The summed E-state index contributed by atoms with van der Waals surface area (Å²) >= 11 is 0. The minimum atomic E-state index is -5.08. The number of hydrogen-bond donors (Lipinski definition) is 3. The molecule has 6 nitrogen and oxygen atoms in total. The Bertz CT molecular complexity index is 1290. The lowest BCUT2D eigenvalue weighted by molar-refractivity contribution is -0.192. The van der Waals surface area contributed by atoms with Gasteiger partial charge < -0.3 is 20.3 Å². The molecule has 0 aliphatic carbocycles. The molecular weight excluding hydrogens is 481 g/mol. The number of fused-ring (bicyclic) bond motifs is 1. The maximum atomic E-state index is 10.6. The summed E-state index contributed by atoms with van der Waals surface area (Å²) in [4.78, 5) is 19.5. The van der Waals surface area contributed by atoms with Gasteiger partial charge in [0.25, 0.3) is 0 Å². The fourth-order valence-corrected chi connectivity index (χ4v) is 4.23. The van der Waals surface area contributed by atoms with Crippen molar-refractivity contribution in [1.82, 2.24) is 20.2 Å². The topological polar surface area (TPSA) is 81.2 Å². The molecule has 4 aromatic rings. The molecule has 9 heteroatoms. The van der Waals surface area contributed by atoms with Gasteiger partial charge in [-0.2, -0.15) is 13.2 Å². The van der Waals surface area contributed by atoms with Crippen LogP contribution in [0.2, 0.25) is 0 Å². The highest BCUT2D eigenvalue weighted by atomic mass is 19.4. The first-order valence-corrected chi connectivity index (χ1v) is 12.1. The highest BCUT2D eigenvalue weighted by molar-refractivity contribution is 5.80. The van der Waals surface area contributed by atoms with Gasteiger partial charge in [0.05, 0.1) is 11.0 Å². The zero-order chi connectivity index (χ0) is 26.4. The fraction of sp³-hybridized carbons (Fsp3) is 0.286. The van der Waals surface area contributed by atoms with Crippen molar-refractivity contribution < 1.29 is 23.1 Å². The number of H-pyrrole nitrogens is 1. The van der Waals surface area contributed by atoms with E-state index in [-0.39, 0.29) is 0 Å². The summed E-state index contributed by atoms with van der Waals surface area (Å²) < 4.78 is 31.7. The maximum Gasteiger partial charge on any atom is 0.490 e. The van der Waals surface area contributed by atoms with E-state index in [2.05, 4.69) is 76.8 Å². The van der Waals surface area contributed by atoms with Crippen LogP contribution in [-0.2, 0) is 11.3 Å². The minimum absolute atomic E-state index is 0.640. The summed E-state index contributed by atoms with van der Waals surface area (Å²) in [5, 5.41) is 10.8. The Morgan fingerprint density at radius 1 is 1.00 bits per heavy atom. The molecule has 3 N–H and O–H groups in total. The van der Waals surface area contributed by atoms with Crippen molar-refractivity contribution in [2.24, 2.45) is 0 Å². The second-order valence-corrected chi connectivity index (χ2v) is 9.14. The second-order valence-electron chi connectivity index (χ2n) is 9.14. The number of carbonyl (C=O) groups is 1. The minimum Gasteiger partial charge on any atom is -0.475 e. The number of alkyl halides is 3. The number of aromatic nitrogens is 2. The van der Waals surface area contributed by atoms with Crippen LogP contribution in [0.5, 0.6) is 0 Å². The number of nitrogens with one attached hydrogen (secondary N) is 2. The van der Waals surface area contributed by atoms with Gasteiger partial charge in [-0.1, -0.05) is 54.6 Å². The lowest BCUT2D eigenvalue weighted by Crippen LogP contribution is -2.40. The third-order valence-corrected chi connectivity index (χ3v) is 6.37. The molecule has 1 aliphatic heterocycles. The van der Waals surface area contributed by atoms with Crippen molar-refractivity contribution in [3.63, 3.8) is 0 Å². The third kappa shape index (κ3) is 7.18. The second kappa shape index (κ2) is 11.6. The highest BCUT2D eigenvalue weighted by Crippen LogP contribution is 2.26. The molecule has 1 aliphatic rings. The predicted molar refractivity (Wildman–Crippen MR) is 138 cm³/mol. The Morgan fingerprint density at radius 2 is 1.65 bits per heavy atom. The normalized spacial score (nSPS) is 14.8. The van der Waals surface area contributed by atoms with Crippen LogP contribution in [0, 0.1) is 0 Å². The number of benzene rings is 3. The van der Waals surface area contributed by atoms with Gasteiger partial charge in [-0.05, 0) is 67.9 Å². The maximum absolute atomic E-state index is 10.6. The van der Waals surface area contributed by atoms with E-state index in [0.717, 1.165) is 29.0 Å². The first kappa shape index (κ1) is 26.4. The molecule has 1 saturated heterocycles. The molecule has 0 bridgehead atoms. The first-order valence-electron chi connectivity index (χ1n) is 12.1. The first-order chi connectivity index (χ1) is 17.7. The van der Waals surface area contributed by atoms with Gasteiger partial charge in [0, 0.05) is 18.2 Å². The van der Waals surface area contributed by atoms with Gasteiger partial charge in [-0.15, -0.1) is 0 Å². The van der Waals surface area contributed by atoms with Crippen molar-refractivity contribution in [3.8, 4) is 22.5 Å². The molecule has 0 atom stereocenters. The van der Waals surface area contributed by atoms with Crippen LogP contribution in [0.25, 0.3) is 33.5 Å². The van der Waals surface area contributed by atoms with Crippen molar-refractivity contribution in [3.05, 3.63) is 78.4 Å². The fourth-order valence-electron chi connectivity index (χ4n) is 4.23. The number of halogens is 3. The zero-order valence-electron chi connectivity index (χ0n) is 20.4. The number of imidazole rings is 1. The van der Waals surface area contributed by atoms with Crippen molar-refractivity contribution in [1.29, 1.82) is 0 Å². The number of piperidine rings is 1. The summed E-state index contributed by atoms with van der Waals surface area (Å²) in [6.45, 7) is 3.32. The number of aliphatic carboxylic acids is 1. The number of likely N-dealkylation sites (tertiary alicyclic amines) is 1. The van der Waals surface area contributed by atoms with Crippen molar-refractivity contribution in [2.45, 2.75) is 31.6 Å². The smallest absolute Gasteiger partial charge is 0.475 e. The predicted octanol–water partition coefficient (Wildman–Crippen LogP) is 5.71. The van der Waals surface area contributed by atoms with Gasteiger partial charge in [-0.25, -0.2) is 9.78 Å². The Hall–Kier alpha value is -3.69. The molecule has 5 rings (SSSR count). The zero-order valence-corrected chi connectivity index (χ0v) is 20.4. The van der Waals surface area contributed by atoms with Crippen LogP contribution in [0.3, 0.4) is 0 Å². The van der Waals surface area contributed by atoms with Gasteiger partial charge in [-0.3, -0.25) is 0 Å². The van der Waals surface area contributed by atoms with Gasteiger partial charge in [0.2, 0.25) is 0 Å². The molecule has 0 saturated carbocycles. The third-order valence-electron chi connectivity index (χ3n) is 6.37. The van der Waals surface area contributed by atoms with Crippen LogP contribution in [-0.4, -0.2) is 58.3 Å². The number of rotatable bonds is 5. The summed E-state index contributed by atoms with van der Waals surface area (Å²) in [7, 11) is 2.21. The van der Waals surface area contributed by atoms with E-state index in [1.54, 1.807) is 0 Å². The highest BCUT2D eigenvalue weighted by Gasteiger charge is 2.38. The molecule has 1 fully saturated rings. The molecular formula is C28H29F3N4O2. The molecule has 0 unspecified atom stereocenters. The van der Waals surface area contributed by atoms with Crippen LogP contribution >= 0.6 is 0 Å². The molecule has 0 spiro atoms. The average Bonchev–Trinajstić information content (AvgIpc) is 3.33. The number of carboxylic acids is 1. The van der Waals surface area contributed by atoms with E-state index in [1.807, 2.05) is 18.2 Å². The number of hydrogen-bond acceptors (Lipinski definition) is 4. The number of carboxylic acid groups (broad SMARTS) is 1. The molecule has 1 aromatic heterocycles. The monoisotopic (exact) mass is 510 g/mol. The Balaban J connectivity index is 0.000000405. The summed E-state index contributed by atoms with van der Waals surface area (Å²) in [5.74, 6) is -1.84. The quantitative estimate of drug-likeness (QED) is 0.320. The Labute approximate surface area is 213 Å². The van der Waals surface area contributed by atoms with E-state index >= 15 is 0 Å². The van der Waals surface area contributed by atoms with Crippen LogP contribution in [0.1, 0.15) is 18.4 Å². The van der Waals surface area contributed by atoms with Gasteiger partial charge in [0.1, 0.15) is 5.82 Å². The molecule has 0 amide bonds. The lowest BCUT2D eigenvalue weighted by atomic mass is 10.0. The molecule has 2 heterocycles. The van der Waals surface area contributed by atoms with E-state index in [4.69, 9.17) is 14.9 Å². The van der Waals surface area contributed by atoms with Crippen molar-refractivity contribution >= 4 is 17.0 Å². The number of para-hydroxylation sites is 2. The Morgan fingerprint density at radius 3 is 2.30 bits per heavy atom. The summed E-state index contributed by atoms with van der Waals surface area (Å²) in [6, 6.07) is 26.3. The van der Waals surface area contributed by atoms with E-state index in [9.17, 15) is 13.2 Å². The largest absolute Gasteiger partial charge is 0.490 e. The van der Waals surface area contributed by atoms with Crippen LogP contribution in [0.4, 0.5) is 13.2 Å². The standard InChI is InChI=1S/C26H28N4.C2HF3O2/c1-30-15-13-23(14-16-30)27-18-19-9-11-20(12-10-19)21-5-4-6-22(17-21)26-28-24-7-2-3-8-25(24)29-26;3-2(4,5)1(6)7/h2-12,17,23,27H,13-16,18H2,1H3,(H,28,29);(H,6,7). The molecule has 37 heavy (non-hydrogen) atoms. The molecule has 3 aromatic carbocycles. The number of aromatic amines is 1. The van der Waals surface area contributed by atoms with Gasteiger partial charge in [0.15, 0.2) is 0 Å². The van der Waals surface area contributed by atoms with E-state index in [1.165, 1.54) is 42.6 Å². The number of nitrogens with zero attached hydrogens (tertiary/aromatic N) is 2. The Kier molecular flexibility index (Phi) is 8.25. The SMILES string of the molecule is CN1CCC(NCc2ccc(-c3cccc(-c4nc5ccccc5[nH]4)c3)cc2)CC1.O=C(O)C(F)(F)F. The van der Waals surface area contributed by atoms with Crippen LogP contribution in [0.15, 0.2) is 72.8 Å². The summed E-state index contributed by atoms with van der Waals surface area (Å²) in [6.07, 6.45) is -2.60. The van der Waals surface area contributed by atoms with E-state index in [0.29, 0.717) is 6.04 Å². The molecule has 0 radical (unpaired) electrons. The average molecular weight is 511 g/mol. The van der Waals surface area contributed by atoms with Crippen LogP contribution < -0.4 is 5.32 Å².